The second-order valence-electron chi connectivity index (χ2n) is 8.12. The lowest BCUT2D eigenvalue weighted by molar-refractivity contribution is -0.157. The third kappa shape index (κ3) is 7.80. The Kier molecular flexibility index (Phi) is 9.00. The first-order chi connectivity index (χ1) is 19.1. The molecule has 0 saturated carbocycles. The van der Waals surface area contributed by atoms with Crippen LogP contribution >= 0.6 is 0 Å². The minimum absolute atomic E-state index is 0.324. The van der Waals surface area contributed by atoms with Crippen LogP contribution in [-0.4, -0.2) is 41.1 Å². The SMILES string of the molecule is O=C(O[C@H](C(=O)O)[C@@H](OC(=O)c1cccc(C(F)(F)F)c1)C(=O)Nc1ccccc1F)c1cccc(C(F)(F)F)c1. The van der Waals surface area contributed by atoms with Crippen molar-refractivity contribution in [1.29, 1.82) is 0 Å². The quantitative estimate of drug-likeness (QED) is 0.270. The van der Waals surface area contributed by atoms with E-state index in [1.807, 2.05) is 5.32 Å². The second kappa shape index (κ2) is 12.1. The highest BCUT2D eigenvalue weighted by molar-refractivity contribution is 6.01. The molecule has 0 spiro atoms. The lowest BCUT2D eigenvalue weighted by atomic mass is 10.1. The van der Waals surface area contributed by atoms with Crippen LogP contribution in [0.3, 0.4) is 0 Å². The molecule has 15 heteroatoms. The van der Waals surface area contributed by atoms with Crippen molar-refractivity contribution in [3.05, 3.63) is 101 Å². The molecule has 1 amide bonds. The lowest BCUT2D eigenvalue weighted by Gasteiger charge is -2.24. The van der Waals surface area contributed by atoms with Gasteiger partial charge in [-0.3, -0.25) is 4.79 Å². The second-order valence-corrected chi connectivity index (χ2v) is 8.12. The van der Waals surface area contributed by atoms with E-state index in [0.717, 1.165) is 36.4 Å². The molecule has 216 valence electrons. The number of anilines is 1. The number of carboxylic acids is 1. The van der Waals surface area contributed by atoms with Crippen molar-refractivity contribution in [2.45, 2.75) is 24.6 Å². The topological polar surface area (TPSA) is 119 Å². The first-order valence-corrected chi connectivity index (χ1v) is 11.1. The molecule has 0 saturated heterocycles. The third-order valence-electron chi connectivity index (χ3n) is 5.23. The summed E-state index contributed by atoms with van der Waals surface area (Å²) in [5, 5.41) is 11.6. The number of carbonyl (C=O) groups excluding carboxylic acids is 3. The maximum Gasteiger partial charge on any atom is 0.416 e. The molecule has 0 aromatic heterocycles. The zero-order valence-electron chi connectivity index (χ0n) is 20.1. The van der Waals surface area contributed by atoms with Crippen LogP contribution < -0.4 is 5.32 Å². The molecule has 8 nitrogen and oxygen atoms in total. The highest BCUT2D eigenvalue weighted by atomic mass is 19.4. The van der Waals surface area contributed by atoms with Crippen molar-refractivity contribution >= 4 is 29.5 Å². The van der Waals surface area contributed by atoms with Crippen molar-refractivity contribution in [3.63, 3.8) is 0 Å². The molecular weight excluding hydrogens is 571 g/mol. The maximum atomic E-state index is 14.1. The number of carboxylic acid groups (broad SMARTS) is 1. The molecule has 0 bridgehead atoms. The molecule has 0 aliphatic carbocycles. The summed E-state index contributed by atoms with van der Waals surface area (Å²) < 4.78 is 102. The zero-order chi connectivity index (χ0) is 30.5. The van der Waals surface area contributed by atoms with Gasteiger partial charge in [0.05, 0.1) is 27.9 Å². The fourth-order valence-corrected chi connectivity index (χ4v) is 3.27. The van der Waals surface area contributed by atoms with Gasteiger partial charge >= 0.3 is 30.3 Å². The number of carbonyl (C=O) groups is 4. The summed E-state index contributed by atoms with van der Waals surface area (Å²) in [5.74, 6) is -8.14. The van der Waals surface area contributed by atoms with E-state index < -0.39 is 82.1 Å². The van der Waals surface area contributed by atoms with Crippen molar-refractivity contribution < 1.29 is 64.5 Å². The fourth-order valence-electron chi connectivity index (χ4n) is 3.27. The lowest BCUT2D eigenvalue weighted by Crippen LogP contribution is -2.48. The number of esters is 2. The van der Waals surface area contributed by atoms with E-state index in [2.05, 4.69) is 0 Å². The van der Waals surface area contributed by atoms with Crippen molar-refractivity contribution in [2.75, 3.05) is 5.32 Å². The Morgan fingerprint density at radius 3 is 1.59 bits per heavy atom. The minimum atomic E-state index is -4.90. The summed E-state index contributed by atoms with van der Waals surface area (Å²) in [6, 6.07) is 9.56. The van der Waals surface area contributed by atoms with Crippen molar-refractivity contribution in [2.24, 2.45) is 0 Å². The number of para-hydroxylation sites is 1. The Bertz CT molecular complexity index is 1470. The highest BCUT2D eigenvalue weighted by Crippen LogP contribution is 2.31. The average Bonchev–Trinajstić information content (AvgIpc) is 2.90. The number of benzene rings is 3. The predicted molar refractivity (Wildman–Crippen MR) is 124 cm³/mol. The fraction of sp³-hybridized carbons (Fsp3) is 0.154. The summed E-state index contributed by atoms with van der Waals surface area (Å²) in [4.78, 5) is 50.3. The van der Waals surface area contributed by atoms with Crippen LogP contribution in [-0.2, 0) is 31.4 Å². The molecule has 3 rings (SSSR count). The van der Waals surface area contributed by atoms with E-state index in [0.29, 0.717) is 24.3 Å². The standard InChI is InChI=1S/C26H16F7NO7/c27-17-9-1-2-10-18(17)34-21(35)19(40-23(38)13-5-3-7-15(11-13)25(28,29)30)20(22(36)37)41-24(39)14-6-4-8-16(12-14)26(31,32)33/h1-12,19-20H,(H,34,35)(H,36,37)/t19-,20+/m1/s1. The van der Waals surface area contributed by atoms with E-state index in [1.54, 1.807) is 0 Å². The number of hydrogen-bond donors (Lipinski definition) is 2. The number of aliphatic carboxylic acids is 1. The van der Waals surface area contributed by atoms with Gasteiger partial charge in [0.2, 0.25) is 12.2 Å². The first-order valence-electron chi connectivity index (χ1n) is 11.1. The zero-order valence-corrected chi connectivity index (χ0v) is 20.1. The van der Waals surface area contributed by atoms with Crippen LogP contribution in [0.1, 0.15) is 31.8 Å². The number of hydrogen-bond acceptors (Lipinski definition) is 6. The predicted octanol–water partition coefficient (Wildman–Crippen LogP) is 5.34. The summed E-state index contributed by atoms with van der Waals surface area (Å²) in [7, 11) is 0. The Balaban J connectivity index is 1.98. The smallest absolute Gasteiger partial charge is 0.416 e. The van der Waals surface area contributed by atoms with E-state index in [1.165, 1.54) is 12.1 Å². The largest absolute Gasteiger partial charge is 0.478 e. The Morgan fingerprint density at radius 2 is 1.15 bits per heavy atom. The molecule has 2 atom stereocenters. The van der Waals surface area contributed by atoms with Gasteiger partial charge in [-0.2, -0.15) is 26.3 Å². The van der Waals surface area contributed by atoms with Crippen molar-refractivity contribution in [3.8, 4) is 0 Å². The molecule has 0 unspecified atom stereocenters. The summed E-state index contributed by atoms with van der Waals surface area (Å²) >= 11 is 0. The highest BCUT2D eigenvalue weighted by Gasteiger charge is 2.42. The molecular formula is C26H16F7NO7. The number of nitrogens with one attached hydrogen (secondary N) is 1. The number of alkyl halides is 6. The van der Waals surface area contributed by atoms with Crippen LogP contribution in [0.5, 0.6) is 0 Å². The van der Waals surface area contributed by atoms with Crippen LogP contribution in [0.2, 0.25) is 0 Å². The first kappa shape index (κ1) is 30.6. The van der Waals surface area contributed by atoms with Crippen LogP contribution in [0, 0.1) is 5.82 Å². The Hall–Kier alpha value is -4.95. The van der Waals surface area contributed by atoms with Gasteiger partial charge in [-0.1, -0.05) is 24.3 Å². The van der Waals surface area contributed by atoms with E-state index in [9.17, 15) is 55.0 Å². The van der Waals surface area contributed by atoms with E-state index >= 15 is 0 Å². The molecule has 0 fully saturated rings. The molecule has 2 N–H and O–H groups in total. The van der Waals surface area contributed by atoms with Crippen LogP contribution in [0.4, 0.5) is 36.4 Å². The van der Waals surface area contributed by atoms with Crippen LogP contribution in [0.25, 0.3) is 0 Å². The van der Waals surface area contributed by atoms with Gasteiger partial charge in [-0.25, -0.2) is 18.8 Å². The average molecular weight is 587 g/mol. The molecule has 41 heavy (non-hydrogen) atoms. The Labute approximate surface area is 225 Å². The number of rotatable bonds is 8. The third-order valence-corrected chi connectivity index (χ3v) is 5.23. The molecule has 3 aromatic carbocycles. The van der Waals surface area contributed by atoms with Gasteiger partial charge in [-0.15, -0.1) is 0 Å². The van der Waals surface area contributed by atoms with Crippen molar-refractivity contribution in [1.82, 2.24) is 0 Å². The minimum Gasteiger partial charge on any atom is -0.478 e. The van der Waals surface area contributed by atoms with Gasteiger partial charge in [0.25, 0.3) is 5.91 Å². The molecule has 0 heterocycles. The Morgan fingerprint density at radius 1 is 0.683 bits per heavy atom. The summed E-state index contributed by atoms with van der Waals surface area (Å²) in [6.07, 6.45) is -15.2. The van der Waals surface area contributed by atoms with E-state index in [-0.39, 0.29) is 0 Å². The van der Waals surface area contributed by atoms with Crippen LogP contribution in [0.15, 0.2) is 72.8 Å². The van der Waals surface area contributed by atoms with Gasteiger partial charge < -0.3 is 19.9 Å². The number of amides is 1. The molecule has 0 aliphatic rings. The number of ether oxygens (including phenoxy) is 2. The normalized spacial score (nSPS) is 13.0. The molecule has 0 radical (unpaired) electrons. The van der Waals surface area contributed by atoms with E-state index in [4.69, 9.17) is 9.47 Å². The van der Waals surface area contributed by atoms with Gasteiger partial charge in [0.1, 0.15) is 5.82 Å². The molecule has 0 aliphatic heterocycles. The maximum absolute atomic E-state index is 14.1. The molecule has 3 aromatic rings. The van der Waals surface area contributed by atoms with Gasteiger partial charge in [0, 0.05) is 0 Å². The van der Waals surface area contributed by atoms with Gasteiger partial charge in [-0.05, 0) is 48.5 Å². The van der Waals surface area contributed by atoms with Gasteiger partial charge in [0.15, 0.2) is 0 Å². The monoisotopic (exact) mass is 587 g/mol. The summed E-state index contributed by atoms with van der Waals surface area (Å²) in [5.41, 5.74) is -4.75. The summed E-state index contributed by atoms with van der Waals surface area (Å²) in [6.45, 7) is 0. The number of halogens is 7.